The number of nitro benzene ring substituents is 1. The maximum atomic E-state index is 10.9. The highest BCUT2D eigenvalue weighted by Gasteiger charge is 2.25. The van der Waals surface area contributed by atoms with E-state index in [4.69, 9.17) is 9.47 Å². The van der Waals surface area contributed by atoms with Gasteiger partial charge in [0.25, 0.3) is 5.69 Å². The molecule has 0 unspecified atom stereocenters. The molecule has 2 aromatic rings. The van der Waals surface area contributed by atoms with Crippen molar-refractivity contribution in [2.24, 2.45) is 0 Å². The molecular weight excluding hydrogens is 346 g/mol. The minimum absolute atomic E-state index is 0.168. The summed E-state index contributed by atoms with van der Waals surface area (Å²) in [5.74, 6) is 1.59. The third kappa shape index (κ3) is 4.75. The number of piperazine rings is 1. The average molecular weight is 373 g/mol. The highest BCUT2D eigenvalue weighted by atomic mass is 16.6. The number of para-hydroxylation sites is 1. The molecule has 1 aliphatic heterocycles. The molecule has 2 N–H and O–H groups in total. The lowest BCUT2D eigenvalue weighted by molar-refractivity contribution is -1.02. The summed E-state index contributed by atoms with van der Waals surface area (Å²) < 4.78 is 10.9. The number of rotatable bonds is 7. The summed E-state index contributed by atoms with van der Waals surface area (Å²) in [5, 5.41) is 10.9. The number of nitro groups is 1. The predicted molar refractivity (Wildman–Crippen MR) is 101 cm³/mol. The van der Waals surface area contributed by atoms with Crippen LogP contribution in [0.4, 0.5) is 5.69 Å². The van der Waals surface area contributed by atoms with Gasteiger partial charge >= 0.3 is 0 Å². The van der Waals surface area contributed by atoms with E-state index in [9.17, 15) is 10.1 Å². The van der Waals surface area contributed by atoms with Gasteiger partial charge < -0.3 is 19.3 Å². The van der Waals surface area contributed by atoms with Crippen LogP contribution in [-0.4, -0.2) is 45.3 Å². The van der Waals surface area contributed by atoms with Gasteiger partial charge in [0.2, 0.25) is 0 Å². The smallest absolute Gasteiger partial charge is 0.269 e. The monoisotopic (exact) mass is 373 g/mol. The fourth-order valence-electron chi connectivity index (χ4n) is 3.74. The number of ether oxygens (including phenoxy) is 2. The molecule has 27 heavy (non-hydrogen) atoms. The Labute approximate surface area is 159 Å². The lowest BCUT2D eigenvalue weighted by atomic mass is 10.1. The van der Waals surface area contributed by atoms with Crippen molar-refractivity contribution in [2.75, 3.05) is 40.4 Å². The van der Waals surface area contributed by atoms with Gasteiger partial charge in [0.1, 0.15) is 39.3 Å². The first-order chi connectivity index (χ1) is 13.1. The SMILES string of the molecule is COc1cccc(C[NH+]2CC[NH+](Cc3cccc([N+](=O)[O-])c3)CC2)c1OC. The molecule has 7 heteroatoms. The van der Waals surface area contributed by atoms with E-state index in [0.29, 0.717) is 0 Å². The van der Waals surface area contributed by atoms with E-state index in [2.05, 4.69) is 6.07 Å². The summed E-state index contributed by atoms with van der Waals surface area (Å²) >= 11 is 0. The summed E-state index contributed by atoms with van der Waals surface area (Å²) in [6, 6.07) is 13.0. The van der Waals surface area contributed by atoms with Gasteiger partial charge in [-0.25, -0.2) is 0 Å². The Balaban J connectivity index is 1.57. The van der Waals surface area contributed by atoms with E-state index in [0.717, 1.165) is 61.9 Å². The topological polar surface area (TPSA) is 70.5 Å². The summed E-state index contributed by atoms with van der Waals surface area (Å²) in [7, 11) is 3.34. The molecule has 0 saturated carbocycles. The molecule has 1 heterocycles. The van der Waals surface area contributed by atoms with Gasteiger partial charge in [-0.3, -0.25) is 10.1 Å². The molecule has 1 fully saturated rings. The Morgan fingerprint density at radius 3 is 2.26 bits per heavy atom. The first-order valence-electron chi connectivity index (χ1n) is 9.21. The van der Waals surface area contributed by atoms with Gasteiger partial charge in [0, 0.05) is 17.7 Å². The summed E-state index contributed by atoms with van der Waals surface area (Å²) in [5.41, 5.74) is 2.35. The molecule has 0 aliphatic carbocycles. The normalized spacial score (nSPS) is 19.5. The lowest BCUT2D eigenvalue weighted by Crippen LogP contribution is -3.27. The number of hydrogen-bond acceptors (Lipinski definition) is 4. The quantitative estimate of drug-likeness (QED) is 0.533. The Morgan fingerprint density at radius 2 is 1.63 bits per heavy atom. The fourth-order valence-corrected chi connectivity index (χ4v) is 3.74. The van der Waals surface area contributed by atoms with Crippen molar-refractivity contribution in [3.63, 3.8) is 0 Å². The largest absolute Gasteiger partial charge is 0.493 e. The van der Waals surface area contributed by atoms with Crippen LogP contribution in [0.5, 0.6) is 11.5 Å². The molecule has 0 bridgehead atoms. The maximum Gasteiger partial charge on any atom is 0.269 e. The van der Waals surface area contributed by atoms with Gasteiger partial charge in [0.15, 0.2) is 11.5 Å². The van der Waals surface area contributed by atoms with Crippen molar-refractivity contribution >= 4 is 5.69 Å². The summed E-state index contributed by atoms with van der Waals surface area (Å²) in [4.78, 5) is 13.6. The lowest BCUT2D eigenvalue weighted by Gasteiger charge is -2.30. The summed E-state index contributed by atoms with van der Waals surface area (Å²) in [6.07, 6.45) is 0. The van der Waals surface area contributed by atoms with Crippen LogP contribution in [0.1, 0.15) is 11.1 Å². The second-order valence-electron chi connectivity index (χ2n) is 6.93. The van der Waals surface area contributed by atoms with Crippen LogP contribution < -0.4 is 19.3 Å². The number of non-ortho nitro benzene ring substituents is 1. The minimum Gasteiger partial charge on any atom is -0.493 e. The first kappa shape index (κ1) is 19.1. The van der Waals surface area contributed by atoms with Gasteiger partial charge in [-0.05, 0) is 12.1 Å². The van der Waals surface area contributed by atoms with Gasteiger partial charge in [-0.15, -0.1) is 0 Å². The molecule has 0 atom stereocenters. The molecule has 1 saturated heterocycles. The zero-order chi connectivity index (χ0) is 19.2. The van der Waals surface area contributed by atoms with E-state index in [-0.39, 0.29) is 10.6 Å². The number of hydrogen-bond donors (Lipinski definition) is 2. The molecule has 0 amide bonds. The van der Waals surface area contributed by atoms with Crippen LogP contribution in [0.3, 0.4) is 0 Å². The van der Waals surface area contributed by atoms with Crippen LogP contribution in [0.2, 0.25) is 0 Å². The highest BCUT2D eigenvalue weighted by molar-refractivity contribution is 5.46. The molecule has 1 aliphatic rings. The second-order valence-corrected chi connectivity index (χ2v) is 6.93. The third-order valence-electron chi connectivity index (χ3n) is 5.16. The van der Waals surface area contributed by atoms with Crippen molar-refractivity contribution in [1.82, 2.24) is 0 Å². The first-order valence-corrected chi connectivity index (χ1v) is 9.21. The van der Waals surface area contributed by atoms with E-state index in [1.165, 1.54) is 9.80 Å². The highest BCUT2D eigenvalue weighted by Crippen LogP contribution is 2.30. The zero-order valence-electron chi connectivity index (χ0n) is 15.9. The van der Waals surface area contributed by atoms with E-state index in [1.54, 1.807) is 32.4 Å². The Morgan fingerprint density at radius 1 is 0.963 bits per heavy atom. The van der Waals surface area contributed by atoms with Crippen LogP contribution in [0.25, 0.3) is 0 Å². The van der Waals surface area contributed by atoms with Crippen molar-refractivity contribution in [1.29, 1.82) is 0 Å². The fraction of sp³-hybridized carbons (Fsp3) is 0.400. The van der Waals surface area contributed by atoms with Crippen LogP contribution in [0.15, 0.2) is 42.5 Å². The third-order valence-corrected chi connectivity index (χ3v) is 5.16. The van der Waals surface area contributed by atoms with E-state index < -0.39 is 0 Å². The molecule has 144 valence electrons. The standard InChI is InChI=1S/C20H25N3O4/c1-26-19-8-4-6-17(20(19)27-2)15-22-11-9-21(10-12-22)14-16-5-3-7-18(13-16)23(24)25/h3-8,13H,9-12,14-15H2,1-2H3/p+2. The predicted octanol–water partition coefficient (Wildman–Crippen LogP) is 0.0956. The molecule has 7 nitrogen and oxygen atoms in total. The molecular formula is C20H27N3O4+2. The number of nitrogens with zero attached hydrogens (tertiary/aromatic N) is 1. The van der Waals surface area contributed by atoms with Gasteiger partial charge in [-0.2, -0.15) is 0 Å². The Bertz CT molecular complexity index is 789. The van der Waals surface area contributed by atoms with E-state index >= 15 is 0 Å². The van der Waals surface area contributed by atoms with Crippen molar-refractivity contribution in [3.8, 4) is 11.5 Å². The van der Waals surface area contributed by atoms with Gasteiger partial charge in [-0.1, -0.05) is 18.2 Å². The molecule has 0 aromatic heterocycles. The van der Waals surface area contributed by atoms with Crippen molar-refractivity contribution < 1.29 is 24.2 Å². The number of nitrogens with one attached hydrogen (secondary N) is 2. The van der Waals surface area contributed by atoms with Crippen LogP contribution >= 0.6 is 0 Å². The molecule has 3 rings (SSSR count). The number of quaternary nitrogens is 2. The van der Waals surface area contributed by atoms with Crippen LogP contribution in [0, 0.1) is 10.1 Å². The average Bonchev–Trinajstić information content (AvgIpc) is 2.69. The van der Waals surface area contributed by atoms with Crippen LogP contribution in [-0.2, 0) is 13.1 Å². The Hall–Kier alpha value is -2.64. The molecule has 0 radical (unpaired) electrons. The van der Waals surface area contributed by atoms with Crippen molar-refractivity contribution in [2.45, 2.75) is 13.1 Å². The Kier molecular flexibility index (Phi) is 6.26. The minimum atomic E-state index is -0.331. The van der Waals surface area contributed by atoms with E-state index in [1.807, 2.05) is 18.2 Å². The number of methoxy groups -OCH3 is 2. The molecule has 0 spiro atoms. The second kappa shape index (κ2) is 8.83. The zero-order valence-corrected chi connectivity index (χ0v) is 15.9. The summed E-state index contributed by atoms with van der Waals surface area (Å²) in [6.45, 7) is 5.95. The number of benzene rings is 2. The van der Waals surface area contributed by atoms with Crippen molar-refractivity contribution in [3.05, 3.63) is 63.7 Å². The maximum absolute atomic E-state index is 10.9. The molecule has 2 aromatic carbocycles. The van der Waals surface area contributed by atoms with Gasteiger partial charge in [0.05, 0.1) is 24.7 Å².